The third-order valence-corrected chi connectivity index (χ3v) is 5.99. The van der Waals surface area contributed by atoms with Crippen LogP contribution in [0.25, 0.3) is 10.9 Å². The van der Waals surface area contributed by atoms with Gasteiger partial charge in [0, 0.05) is 37.3 Å². The highest BCUT2D eigenvalue weighted by molar-refractivity contribution is 5.93. The standard InChI is InChI=1S/C27H26N4O4/c1-19-7-10-21(11-8-19)28-25(32)18-35-22-5-2-4-20-9-12-24(29-26(20)22)30-13-15-31(16-14-30)27(33)23-6-3-17-34-23/h2-12,17H,13-16,18H2,1H3,(H,28,32). The second-order valence-electron chi connectivity index (χ2n) is 8.46. The first kappa shape index (κ1) is 22.5. The van der Waals surface area contributed by atoms with Crippen LogP contribution in [0.4, 0.5) is 11.5 Å². The van der Waals surface area contributed by atoms with E-state index in [1.165, 1.54) is 6.26 Å². The van der Waals surface area contributed by atoms with Crippen LogP contribution in [-0.4, -0.2) is 54.5 Å². The van der Waals surface area contributed by atoms with Gasteiger partial charge in [0.05, 0.1) is 6.26 Å². The molecule has 2 amide bonds. The summed E-state index contributed by atoms with van der Waals surface area (Å²) in [5, 5.41) is 3.77. The number of furan rings is 1. The lowest BCUT2D eigenvalue weighted by molar-refractivity contribution is -0.118. The molecule has 4 aromatic rings. The number of carbonyl (C=O) groups excluding carboxylic acids is 2. The summed E-state index contributed by atoms with van der Waals surface area (Å²) in [6.45, 7) is 4.36. The molecule has 5 rings (SSSR count). The minimum atomic E-state index is -0.237. The first-order chi connectivity index (χ1) is 17.1. The van der Waals surface area contributed by atoms with Crippen molar-refractivity contribution >= 4 is 34.2 Å². The smallest absolute Gasteiger partial charge is 0.289 e. The second kappa shape index (κ2) is 9.89. The zero-order valence-corrected chi connectivity index (χ0v) is 19.4. The van der Waals surface area contributed by atoms with Crippen molar-refractivity contribution in [2.45, 2.75) is 6.92 Å². The largest absolute Gasteiger partial charge is 0.481 e. The number of piperazine rings is 1. The topological polar surface area (TPSA) is 87.9 Å². The molecule has 0 bridgehead atoms. The summed E-state index contributed by atoms with van der Waals surface area (Å²) in [4.78, 5) is 33.7. The van der Waals surface area contributed by atoms with E-state index in [0.29, 0.717) is 43.2 Å². The predicted octanol–water partition coefficient (Wildman–Crippen LogP) is 4.12. The van der Waals surface area contributed by atoms with Gasteiger partial charge in [0.1, 0.15) is 17.1 Å². The molecule has 0 atom stereocenters. The highest BCUT2D eigenvalue weighted by Crippen LogP contribution is 2.27. The number of amides is 2. The van der Waals surface area contributed by atoms with Crippen molar-refractivity contribution < 1.29 is 18.7 Å². The fourth-order valence-corrected chi connectivity index (χ4v) is 4.07. The van der Waals surface area contributed by atoms with E-state index >= 15 is 0 Å². The molecule has 0 unspecified atom stereocenters. The molecule has 0 aliphatic carbocycles. The van der Waals surface area contributed by atoms with Crippen LogP contribution in [-0.2, 0) is 4.79 Å². The number of fused-ring (bicyclic) bond motifs is 1. The Morgan fingerprint density at radius 1 is 0.971 bits per heavy atom. The molecule has 1 fully saturated rings. The molecule has 8 nitrogen and oxygen atoms in total. The summed E-state index contributed by atoms with van der Waals surface area (Å²) in [6, 6.07) is 20.6. The van der Waals surface area contributed by atoms with Crippen molar-refractivity contribution in [1.82, 2.24) is 9.88 Å². The van der Waals surface area contributed by atoms with Crippen molar-refractivity contribution in [3.63, 3.8) is 0 Å². The van der Waals surface area contributed by atoms with Gasteiger partial charge in [0.2, 0.25) is 0 Å². The third-order valence-electron chi connectivity index (χ3n) is 5.99. The molecule has 1 N–H and O–H groups in total. The van der Waals surface area contributed by atoms with Crippen LogP contribution in [0, 0.1) is 6.92 Å². The first-order valence-corrected chi connectivity index (χ1v) is 11.5. The Balaban J connectivity index is 1.24. The maximum Gasteiger partial charge on any atom is 0.289 e. The average Bonchev–Trinajstić information content (AvgIpc) is 3.43. The van der Waals surface area contributed by atoms with Crippen molar-refractivity contribution in [3.05, 3.63) is 84.3 Å². The van der Waals surface area contributed by atoms with Gasteiger partial charge in [-0.2, -0.15) is 0 Å². The van der Waals surface area contributed by atoms with Crippen LogP contribution >= 0.6 is 0 Å². The lowest BCUT2D eigenvalue weighted by atomic mass is 10.2. The van der Waals surface area contributed by atoms with E-state index in [1.54, 1.807) is 17.0 Å². The Bertz CT molecular complexity index is 1330. The van der Waals surface area contributed by atoms with Gasteiger partial charge in [-0.15, -0.1) is 0 Å². The first-order valence-electron chi connectivity index (χ1n) is 11.5. The van der Waals surface area contributed by atoms with Crippen LogP contribution in [0.1, 0.15) is 16.1 Å². The van der Waals surface area contributed by atoms with Gasteiger partial charge >= 0.3 is 0 Å². The minimum Gasteiger partial charge on any atom is -0.481 e. The number of rotatable bonds is 6. The Morgan fingerprint density at radius 3 is 2.51 bits per heavy atom. The summed E-state index contributed by atoms with van der Waals surface area (Å²) in [6.07, 6.45) is 1.51. The molecule has 3 heterocycles. The molecule has 1 aliphatic heterocycles. The molecular weight excluding hydrogens is 444 g/mol. The number of hydrogen-bond acceptors (Lipinski definition) is 6. The van der Waals surface area contributed by atoms with Gasteiger partial charge in [0.15, 0.2) is 12.4 Å². The molecule has 1 saturated heterocycles. The number of hydrogen-bond donors (Lipinski definition) is 1. The van der Waals surface area contributed by atoms with Crippen LogP contribution in [0.3, 0.4) is 0 Å². The summed E-state index contributed by atoms with van der Waals surface area (Å²) in [5.74, 6) is 1.38. The molecule has 0 saturated carbocycles. The highest BCUT2D eigenvalue weighted by Gasteiger charge is 2.24. The van der Waals surface area contributed by atoms with Crippen molar-refractivity contribution in [1.29, 1.82) is 0 Å². The molecule has 35 heavy (non-hydrogen) atoms. The van der Waals surface area contributed by atoms with Gasteiger partial charge in [-0.25, -0.2) is 4.98 Å². The fourth-order valence-electron chi connectivity index (χ4n) is 4.07. The normalized spacial score (nSPS) is 13.6. The van der Waals surface area contributed by atoms with E-state index in [-0.39, 0.29) is 18.4 Å². The Labute approximate surface area is 203 Å². The van der Waals surface area contributed by atoms with E-state index in [1.807, 2.05) is 61.5 Å². The number of aryl methyl sites for hydroxylation is 1. The van der Waals surface area contributed by atoms with Gasteiger partial charge < -0.3 is 24.3 Å². The zero-order valence-electron chi connectivity index (χ0n) is 19.4. The van der Waals surface area contributed by atoms with E-state index < -0.39 is 0 Å². The van der Waals surface area contributed by atoms with Gasteiger partial charge in [-0.05, 0) is 49.4 Å². The maximum absolute atomic E-state index is 12.5. The van der Waals surface area contributed by atoms with Crippen molar-refractivity contribution in [3.8, 4) is 5.75 Å². The number of benzene rings is 2. The van der Waals surface area contributed by atoms with Crippen LogP contribution < -0.4 is 15.0 Å². The number of nitrogens with zero attached hydrogens (tertiary/aromatic N) is 3. The van der Waals surface area contributed by atoms with E-state index in [0.717, 1.165) is 22.5 Å². The summed E-state index contributed by atoms with van der Waals surface area (Å²) in [5.41, 5.74) is 2.55. The average molecular weight is 471 g/mol. The minimum absolute atomic E-state index is 0.0966. The van der Waals surface area contributed by atoms with E-state index in [9.17, 15) is 9.59 Å². The highest BCUT2D eigenvalue weighted by atomic mass is 16.5. The Morgan fingerprint density at radius 2 is 1.77 bits per heavy atom. The molecule has 0 radical (unpaired) electrons. The second-order valence-corrected chi connectivity index (χ2v) is 8.46. The van der Waals surface area contributed by atoms with E-state index in [2.05, 4.69) is 10.2 Å². The Hall–Kier alpha value is -4.33. The monoisotopic (exact) mass is 470 g/mol. The van der Waals surface area contributed by atoms with Gasteiger partial charge in [-0.1, -0.05) is 29.8 Å². The van der Waals surface area contributed by atoms with Crippen molar-refractivity contribution in [2.24, 2.45) is 0 Å². The summed E-state index contributed by atoms with van der Waals surface area (Å²) in [7, 11) is 0. The molecule has 0 spiro atoms. The Kier molecular flexibility index (Phi) is 6.34. The van der Waals surface area contributed by atoms with Crippen molar-refractivity contribution in [2.75, 3.05) is 43.0 Å². The predicted molar refractivity (Wildman–Crippen MR) is 134 cm³/mol. The van der Waals surface area contributed by atoms with Gasteiger partial charge in [-0.3, -0.25) is 9.59 Å². The quantitative estimate of drug-likeness (QED) is 0.456. The molecule has 1 aliphatic rings. The molecule has 8 heteroatoms. The third kappa shape index (κ3) is 5.11. The number of para-hydroxylation sites is 1. The molecule has 2 aromatic heterocycles. The molecular formula is C27H26N4O4. The SMILES string of the molecule is Cc1ccc(NC(=O)COc2cccc3ccc(N4CCN(C(=O)c5ccco5)CC4)nc23)cc1. The number of anilines is 2. The lowest BCUT2D eigenvalue weighted by Crippen LogP contribution is -2.49. The lowest BCUT2D eigenvalue weighted by Gasteiger charge is -2.35. The molecule has 178 valence electrons. The van der Waals surface area contributed by atoms with Crippen LogP contribution in [0.2, 0.25) is 0 Å². The number of nitrogens with one attached hydrogen (secondary N) is 1. The van der Waals surface area contributed by atoms with Crippen LogP contribution in [0.5, 0.6) is 5.75 Å². The van der Waals surface area contributed by atoms with Gasteiger partial charge in [0.25, 0.3) is 11.8 Å². The number of aromatic nitrogens is 1. The zero-order chi connectivity index (χ0) is 24.2. The number of carbonyl (C=O) groups is 2. The molecule has 2 aromatic carbocycles. The summed E-state index contributed by atoms with van der Waals surface area (Å²) < 4.78 is 11.1. The maximum atomic E-state index is 12.5. The van der Waals surface area contributed by atoms with Crippen LogP contribution in [0.15, 0.2) is 77.4 Å². The van der Waals surface area contributed by atoms with E-state index in [4.69, 9.17) is 14.1 Å². The number of ether oxygens (including phenoxy) is 1. The fraction of sp³-hybridized carbons (Fsp3) is 0.222. The summed E-state index contributed by atoms with van der Waals surface area (Å²) >= 11 is 0. The number of pyridine rings is 1.